The number of nitrogens with one attached hydrogen (secondary N) is 2. The lowest BCUT2D eigenvalue weighted by Crippen LogP contribution is -2.41. The second-order valence-corrected chi connectivity index (χ2v) is 6.37. The highest BCUT2D eigenvalue weighted by atomic mass is 16.5. The number of carbonyl (C=O) groups excluding carboxylic acids is 3. The Balaban J connectivity index is 1.54. The minimum Gasteiger partial charge on any atom is -0.378 e. The molecule has 0 atom stereocenters. The van der Waals surface area contributed by atoms with E-state index in [0.717, 1.165) is 0 Å². The smallest absolute Gasteiger partial charge is 0.256 e. The lowest BCUT2D eigenvalue weighted by Gasteiger charge is -2.27. The first-order valence-corrected chi connectivity index (χ1v) is 9.24. The summed E-state index contributed by atoms with van der Waals surface area (Å²) in [4.78, 5) is 38.7. The maximum atomic E-state index is 12.7. The zero-order valence-electron chi connectivity index (χ0n) is 15.5. The fourth-order valence-corrected chi connectivity index (χ4v) is 2.91. The van der Waals surface area contributed by atoms with E-state index in [2.05, 4.69) is 10.6 Å². The average molecular weight is 381 g/mol. The third-order valence-corrected chi connectivity index (χ3v) is 4.40. The number of amides is 3. The van der Waals surface area contributed by atoms with Gasteiger partial charge in [-0.1, -0.05) is 30.3 Å². The quantitative estimate of drug-likeness (QED) is 0.800. The molecule has 0 unspecified atom stereocenters. The van der Waals surface area contributed by atoms with Crippen molar-refractivity contribution in [3.8, 4) is 0 Å². The second kappa shape index (κ2) is 9.66. The van der Waals surface area contributed by atoms with Crippen LogP contribution < -0.4 is 10.6 Å². The van der Waals surface area contributed by atoms with Crippen molar-refractivity contribution >= 4 is 23.4 Å². The molecule has 0 aromatic heterocycles. The number of para-hydroxylation sites is 1. The summed E-state index contributed by atoms with van der Waals surface area (Å²) >= 11 is 0. The molecule has 1 fully saturated rings. The topological polar surface area (TPSA) is 87.7 Å². The van der Waals surface area contributed by atoms with Gasteiger partial charge in [0.25, 0.3) is 11.8 Å². The van der Waals surface area contributed by atoms with E-state index in [4.69, 9.17) is 4.74 Å². The highest BCUT2D eigenvalue weighted by Crippen LogP contribution is 2.18. The van der Waals surface area contributed by atoms with E-state index in [-0.39, 0.29) is 30.7 Å². The molecule has 1 aliphatic heterocycles. The SMILES string of the molecule is O=C(CCNC(=O)c1ccccc1)Nc1ccccc1C(=O)N1CCOCC1. The van der Waals surface area contributed by atoms with E-state index >= 15 is 0 Å². The number of hydrogen-bond donors (Lipinski definition) is 2. The van der Waals surface area contributed by atoms with Crippen molar-refractivity contribution in [1.29, 1.82) is 0 Å². The van der Waals surface area contributed by atoms with Crippen molar-refractivity contribution in [2.24, 2.45) is 0 Å². The van der Waals surface area contributed by atoms with Gasteiger partial charge in [-0.25, -0.2) is 0 Å². The lowest BCUT2D eigenvalue weighted by molar-refractivity contribution is -0.116. The summed E-state index contributed by atoms with van der Waals surface area (Å²) in [7, 11) is 0. The molecule has 7 nitrogen and oxygen atoms in total. The molecule has 3 rings (SSSR count). The van der Waals surface area contributed by atoms with Crippen LogP contribution in [0.4, 0.5) is 5.69 Å². The molecular formula is C21H23N3O4. The molecule has 0 radical (unpaired) electrons. The Hall–Kier alpha value is -3.19. The van der Waals surface area contributed by atoms with Gasteiger partial charge in [0.1, 0.15) is 0 Å². The van der Waals surface area contributed by atoms with Gasteiger partial charge in [0.15, 0.2) is 0 Å². The molecular weight excluding hydrogens is 358 g/mol. The highest BCUT2D eigenvalue weighted by Gasteiger charge is 2.21. The number of rotatable bonds is 6. The maximum absolute atomic E-state index is 12.7. The van der Waals surface area contributed by atoms with Gasteiger partial charge in [0.05, 0.1) is 24.5 Å². The number of morpholine rings is 1. The summed E-state index contributed by atoms with van der Waals surface area (Å²) < 4.78 is 5.28. The third-order valence-electron chi connectivity index (χ3n) is 4.40. The van der Waals surface area contributed by atoms with E-state index in [9.17, 15) is 14.4 Å². The van der Waals surface area contributed by atoms with Crippen molar-refractivity contribution in [1.82, 2.24) is 10.2 Å². The molecule has 146 valence electrons. The van der Waals surface area contributed by atoms with Gasteiger partial charge < -0.3 is 20.3 Å². The number of nitrogens with zero attached hydrogens (tertiary/aromatic N) is 1. The number of hydrogen-bond acceptors (Lipinski definition) is 4. The molecule has 3 amide bonds. The summed E-state index contributed by atoms with van der Waals surface area (Å²) in [6.45, 7) is 2.31. The van der Waals surface area contributed by atoms with Crippen LogP contribution in [-0.2, 0) is 9.53 Å². The van der Waals surface area contributed by atoms with Crippen LogP contribution in [0.15, 0.2) is 54.6 Å². The monoisotopic (exact) mass is 381 g/mol. The summed E-state index contributed by atoms with van der Waals surface area (Å²) in [5.41, 5.74) is 1.47. The van der Waals surface area contributed by atoms with Crippen LogP contribution in [-0.4, -0.2) is 55.5 Å². The third kappa shape index (κ3) is 5.17. The molecule has 2 N–H and O–H groups in total. The van der Waals surface area contributed by atoms with Crippen molar-refractivity contribution < 1.29 is 19.1 Å². The first kappa shape index (κ1) is 19.6. The van der Waals surface area contributed by atoms with Crippen LogP contribution in [0.1, 0.15) is 27.1 Å². The minimum atomic E-state index is -0.268. The Kier molecular flexibility index (Phi) is 6.75. The van der Waals surface area contributed by atoms with E-state index in [1.54, 1.807) is 53.4 Å². The Morgan fingerprint density at radius 2 is 1.61 bits per heavy atom. The molecule has 28 heavy (non-hydrogen) atoms. The van der Waals surface area contributed by atoms with Crippen molar-refractivity contribution in [2.75, 3.05) is 38.2 Å². The first-order chi connectivity index (χ1) is 13.6. The van der Waals surface area contributed by atoms with Crippen LogP contribution in [0.5, 0.6) is 0 Å². The van der Waals surface area contributed by atoms with Crippen LogP contribution in [0.2, 0.25) is 0 Å². The van der Waals surface area contributed by atoms with E-state index in [0.29, 0.717) is 43.1 Å². The van der Waals surface area contributed by atoms with Gasteiger partial charge in [-0.3, -0.25) is 14.4 Å². The molecule has 7 heteroatoms. The minimum absolute atomic E-state index is 0.110. The molecule has 0 spiro atoms. The number of anilines is 1. The van der Waals surface area contributed by atoms with E-state index in [1.165, 1.54) is 0 Å². The van der Waals surface area contributed by atoms with Crippen LogP contribution in [0.3, 0.4) is 0 Å². The van der Waals surface area contributed by atoms with Crippen LogP contribution in [0.25, 0.3) is 0 Å². The van der Waals surface area contributed by atoms with Crippen molar-refractivity contribution in [3.63, 3.8) is 0 Å². The largest absolute Gasteiger partial charge is 0.378 e. The predicted octanol–water partition coefficient (Wildman–Crippen LogP) is 1.92. The molecule has 1 saturated heterocycles. The number of carbonyl (C=O) groups is 3. The molecule has 0 aliphatic carbocycles. The van der Waals surface area contributed by atoms with Gasteiger partial charge >= 0.3 is 0 Å². The molecule has 2 aromatic rings. The zero-order chi connectivity index (χ0) is 19.8. The van der Waals surface area contributed by atoms with E-state index < -0.39 is 0 Å². The summed E-state index contributed by atoms with van der Waals surface area (Å²) in [5.74, 6) is -0.622. The van der Waals surface area contributed by atoms with Gasteiger partial charge in [-0.2, -0.15) is 0 Å². The van der Waals surface area contributed by atoms with Gasteiger partial charge in [0.2, 0.25) is 5.91 Å². The fraction of sp³-hybridized carbons (Fsp3) is 0.286. The molecule has 1 heterocycles. The number of benzene rings is 2. The Labute approximate surface area is 163 Å². The summed E-state index contributed by atoms with van der Waals surface area (Å²) in [6, 6.07) is 15.8. The Morgan fingerprint density at radius 3 is 2.36 bits per heavy atom. The Bertz CT molecular complexity index is 833. The van der Waals surface area contributed by atoms with Crippen molar-refractivity contribution in [2.45, 2.75) is 6.42 Å². The molecule has 2 aromatic carbocycles. The molecule has 1 aliphatic rings. The summed E-state index contributed by atoms with van der Waals surface area (Å²) in [6.07, 6.45) is 0.110. The zero-order valence-corrected chi connectivity index (χ0v) is 15.5. The van der Waals surface area contributed by atoms with Crippen LogP contribution >= 0.6 is 0 Å². The second-order valence-electron chi connectivity index (χ2n) is 6.37. The fourth-order valence-electron chi connectivity index (χ4n) is 2.91. The molecule has 0 saturated carbocycles. The van der Waals surface area contributed by atoms with Gasteiger partial charge in [-0.15, -0.1) is 0 Å². The van der Waals surface area contributed by atoms with Gasteiger partial charge in [0, 0.05) is 31.6 Å². The number of ether oxygens (including phenoxy) is 1. The van der Waals surface area contributed by atoms with Gasteiger partial charge in [-0.05, 0) is 24.3 Å². The standard InChI is InChI=1S/C21H23N3O4/c25-19(10-11-22-20(26)16-6-2-1-3-7-16)23-18-9-5-4-8-17(18)21(27)24-12-14-28-15-13-24/h1-9H,10-15H2,(H,22,26)(H,23,25). The highest BCUT2D eigenvalue weighted by molar-refractivity contribution is 6.04. The predicted molar refractivity (Wildman–Crippen MR) is 105 cm³/mol. The van der Waals surface area contributed by atoms with E-state index in [1.807, 2.05) is 6.07 Å². The first-order valence-electron chi connectivity index (χ1n) is 9.24. The van der Waals surface area contributed by atoms with Crippen molar-refractivity contribution in [3.05, 3.63) is 65.7 Å². The Morgan fingerprint density at radius 1 is 0.929 bits per heavy atom. The normalized spacial score (nSPS) is 13.6. The lowest BCUT2D eigenvalue weighted by atomic mass is 10.1. The average Bonchev–Trinajstić information content (AvgIpc) is 2.75. The maximum Gasteiger partial charge on any atom is 0.256 e. The summed E-state index contributed by atoms with van der Waals surface area (Å²) in [5, 5.41) is 5.49. The van der Waals surface area contributed by atoms with Crippen LogP contribution in [0, 0.1) is 0 Å². The molecule has 0 bridgehead atoms.